The maximum Gasteiger partial charge on any atom is 0.334 e. The van der Waals surface area contributed by atoms with Gasteiger partial charge in [0.25, 0.3) is 5.69 Å². The van der Waals surface area contributed by atoms with Crippen molar-refractivity contribution in [3.63, 3.8) is 0 Å². The molecule has 0 fully saturated rings. The molecule has 0 bridgehead atoms. The van der Waals surface area contributed by atoms with Gasteiger partial charge < -0.3 is 20.2 Å². The molecule has 3 N–H and O–H groups in total. The summed E-state index contributed by atoms with van der Waals surface area (Å²) in [5, 5.41) is 40.6. The third-order valence-corrected chi connectivity index (χ3v) is 5.60. The Bertz CT molecular complexity index is 1110. The third-order valence-electron chi connectivity index (χ3n) is 5.60. The molecule has 32 heavy (non-hydrogen) atoms. The summed E-state index contributed by atoms with van der Waals surface area (Å²) in [6, 6.07) is 11.9. The van der Waals surface area contributed by atoms with Crippen molar-refractivity contribution in [3.8, 4) is 5.75 Å². The van der Waals surface area contributed by atoms with E-state index in [1.54, 1.807) is 43.0 Å². The van der Waals surface area contributed by atoms with Crippen molar-refractivity contribution >= 4 is 17.6 Å². The summed E-state index contributed by atoms with van der Waals surface area (Å²) in [5.41, 5.74) is 1.33. The molecule has 3 rings (SSSR count). The van der Waals surface area contributed by atoms with Crippen molar-refractivity contribution in [3.05, 3.63) is 92.3 Å². The van der Waals surface area contributed by atoms with E-state index < -0.39 is 22.8 Å². The summed E-state index contributed by atoms with van der Waals surface area (Å²) >= 11 is 0. The molecule has 1 heterocycles. The number of carbonyl (C=O) groups is 2. The Morgan fingerprint density at radius 1 is 1.00 bits per heavy atom. The van der Waals surface area contributed by atoms with E-state index in [0.717, 1.165) is 5.56 Å². The standard InChI is InChI=1S/C23H22N2O7/c1-13-19(22(27)28)21(16-4-3-5-17(12-16)25(31)32)20(23(29)30)14(2)24(13)11-10-15-6-8-18(26)9-7-15/h3-9,12,21,26H,10-11H2,1-2H3,(H,27,28)(H,29,30). The molecule has 0 aromatic heterocycles. The molecular formula is C23H22N2O7. The quantitative estimate of drug-likeness (QED) is 0.439. The highest BCUT2D eigenvalue weighted by atomic mass is 16.6. The van der Waals surface area contributed by atoms with Crippen molar-refractivity contribution in [2.45, 2.75) is 26.2 Å². The van der Waals surface area contributed by atoms with Gasteiger partial charge in [0.2, 0.25) is 0 Å². The van der Waals surface area contributed by atoms with Crippen LogP contribution in [0.3, 0.4) is 0 Å². The molecule has 0 atom stereocenters. The largest absolute Gasteiger partial charge is 0.508 e. The fourth-order valence-corrected chi connectivity index (χ4v) is 4.05. The Kier molecular flexibility index (Phi) is 6.29. The first-order valence-electron chi connectivity index (χ1n) is 9.79. The lowest BCUT2D eigenvalue weighted by atomic mass is 9.79. The molecule has 2 aromatic carbocycles. The molecule has 1 aliphatic heterocycles. The topological polar surface area (TPSA) is 141 Å². The lowest BCUT2D eigenvalue weighted by Gasteiger charge is -2.37. The van der Waals surface area contributed by atoms with Crippen LogP contribution >= 0.6 is 0 Å². The lowest BCUT2D eigenvalue weighted by molar-refractivity contribution is -0.384. The number of phenols is 1. The first-order valence-corrected chi connectivity index (χ1v) is 9.79. The maximum atomic E-state index is 12.2. The normalized spacial score (nSPS) is 14.6. The van der Waals surface area contributed by atoms with Gasteiger partial charge in [-0.1, -0.05) is 24.3 Å². The molecule has 1 aliphatic rings. The van der Waals surface area contributed by atoms with Crippen molar-refractivity contribution < 1.29 is 29.8 Å². The molecule has 9 nitrogen and oxygen atoms in total. The van der Waals surface area contributed by atoms with E-state index in [1.165, 1.54) is 24.3 Å². The van der Waals surface area contributed by atoms with E-state index in [-0.39, 0.29) is 28.1 Å². The summed E-state index contributed by atoms with van der Waals surface area (Å²) in [6.45, 7) is 3.52. The van der Waals surface area contributed by atoms with Crippen molar-refractivity contribution in [1.29, 1.82) is 0 Å². The number of non-ortho nitro benzene ring substituents is 1. The van der Waals surface area contributed by atoms with Crippen molar-refractivity contribution in [2.24, 2.45) is 0 Å². The van der Waals surface area contributed by atoms with Gasteiger partial charge in [-0.25, -0.2) is 9.59 Å². The van der Waals surface area contributed by atoms with Gasteiger partial charge in [-0.05, 0) is 43.5 Å². The SMILES string of the molecule is CC1=C(C(=O)O)C(c2cccc([N+](=O)[O-])c2)C(C(=O)O)=C(C)N1CCc1ccc(O)cc1. The number of carboxylic acids is 2. The number of allylic oxidation sites excluding steroid dienone is 2. The second-order valence-electron chi connectivity index (χ2n) is 7.46. The summed E-state index contributed by atoms with van der Waals surface area (Å²) in [4.78, 5) is 36.7. The van der Waals surface area contributed by atoms with Crippen LogP contribution in [0.25, 0.3) is 0 Å². The van der Waals surface area contributed by atoms with Gasteiger partial charge in [-0.2, -0.15) is 0 Å². The summed E-state index contributed by atoms with van der Waals surface area (Å²) in [5.74, 6) is -3.62. The van der Waals surface area contributed by atoms with Crippen LogP contribution in [0, 0.1) is 10.1 Å². The highest BCUT2D eigenvalue weighted by Gasteiger charge is 2.39. The molecule has 9 heteroatoms. The van der Waals surface area contributed by atoms with Gasteiger partial charge >= 0.3 is 11.9 Å². The smallest absolute Gasteiger partial charge is 0.334 e. The number of hydrogen-bond acceptors (Lipinski definition) is 6. The van der Waals surface area contributed by atoms with Gasteiger partial charge in [-0.3, -0.25) is 10.1 Å². The molecule has 0 aliphatic carbocycles. The fourth-order valence-electron chi connectivity index (χ4n) is 4.05. The second-order valence-corrected chi connectivity index (χ2v) is 7.46. The zero-order valence-corrected chi connectivity index (χ0v) is 17.5. The van der Waals surface area contributed by atoms with Gasteiger partial charge in [0, 0.05) is 30.1 Å². The number of nitrogens with zero attached hydrogens (tertiary/aromatic N) is 2. The average molecular weight is 438 g/mol. The second kappa shape index (κ2) is 8.93. The van der Waals surface area contributed by atoms with Crippen LogP contribution in [0.5, 0.6) is 5.75 Å². The number of phenolic OH excluding ortho intramolecular Hbond substituents is 1. The number of aromatic hydroxyl groups is 1. The molecule has 0 spiro atoms. The van der Waals surface area contributed by atoms with Crippen molar-refractivity contribution in [2.75, 3.05) is 6.54 Å². The minimum absolute atomic E-state index is 0.125. The van der Waals surface area contributed by atoms with Crippen LogP contribution in [-0.4, -0.2) is 43.6 Å². The molecule has 0 unspecified atom stereocenters. The number of carboxylic acid groups (broad SMARTS) is 2. The zero-order valence-electron chi connectivity index (χ0n) is 17.5. The Labute approximate surface area is 183 Å². The summed E-state index contributed by atoms with van der Waals surface area (Å²) < 4.78 is 0. The van der Waals surface area contributed by atoms with Crippen LogP contribution in [0.15, 0.2) is 71.1 Å². The van der Waals surface area contributed by atoms with Crippen LogP contribution in [-0.2, 0) is 16.0 Å². The average Bonchev–Trinajstić information content (AvgIpc) is 2.73. The minimum atomic E-state index is -1.29. The highest BCUT2D eigenvalue weighted by molar-refractivity contribution is 5.98. The minimum Gasteiger partial charge on any atom is -0.508 e. The Morgan fingerprint density at radius 2 is 1.56 bits per heavy atom. The van der Waals surface area contributed by atoms with Gasteiger partial charge in [0.05, 0.1) is 22.0 Å². The van der Waals surface area contributed by atoms with E-state index in [0.29, 0.717) is 24.4 Å². The zero-order chi connectivity index (χ0) is 23.6. The highest BCUT2D eigenvalue weighted by Crippen LogP contribution is 2.42. The lowest BCUT2D eigenvalue weighted by Crippen LogP contribution is -2.35. The van der Waals surface area contributed by atoms with E-state index >= 15 is 0 Å². The number of benzene rings is 2. The molecule has 0 radical (unpaired) electrons. The Morgan fingerprint density at radius 3 is 2.06 bits per heavy atom. The number of nitro benzene ring substituents is 1. The fraction of sp³-hybridized carbons (Fsp3) is 0.217. The molecule has 166 valence electrons. The summed E-state index contributed by atoms with van der Waals surface area (Å²) in [7, 11) is 0. The van der Waals surface area contributed by atoms with Gasteiger partial charge in [-0.15, -0.1) is 0 Å². The van der Waals surface area contributed by atoms with Crippen molar-refractivity contribution in [1.82, 2.24) is 4.90 Å². The molecular weight excluding hydrogens is 416 g/mol. The predicted molar refractivity (Wildman–Crippen MR) is 115 cm³/mol. The Balaban J connectivity index is 2.10. The van der Waals surface area contributed by atoms with E-state index in [4.69, 9.17) is 0 Å². The molecule has 0 saturated carbocycles. The molecule has 0 amide bonds. The van der Waals surface area contributed by atoms with E-state index in [9.17, 15) is 35.0 Å². The van der Waals surface area contributed by atoms with Crippen LogP contribution < -0.4 is 0 Å². The summed E-state index contributed by atoms with van der Waals surface area (Å²) in [6.07, 6.45) is 0.482. The van der Waals surface area contributed by atoms with E-state index in [2.05, 4.69) is 0 Å². The maximum absolute atomic E-state index is 12.2. The number of nitro groups is 1. The first kappa shape index (κ1) is 22.5. The monoisotopic (exact) mass is 438 g/mol. The first-order chi connectivity index (χ1) is 15.1. The van der Waals surface area contributed by atoms with Crippen LogP contribution in [0.4, 0.5) is 5.69 Å². The third kappa shape index (κ3) is 4.31. The number of rotatable bonds is 7. The Hall–Kier alpha value is -4.14. The molecule has 0 saturated heterocycles. The predicted octanol–water partition coefficient (Wildman–Crippen LogP) is 3.66. The number of aliphatic carboxylic acids is 2. The van der Waals surface area contributed by atoms with Gasteiger partial charge in [0.1, 0.15) is 5.75 Å². The van der Waals surface area contributed by atoms with Crippen LogP contribution in [0.1, 0.15) is 30.9 Å². The number of hydrogen-bond donors (Lipinski definition) is 3. The van der Waals surface area contributed by atoms with Gasteiger partial charge in [0.15, 0.2) is 0 Å². The van der Waals surface area contributed by atoms with E-state index in [1.807, 2.05) is 0 Å². The molecule has 2 aromatic rings. The van der Waals surface area contributed by atoms with Crippen LogP contribution in [0.2, 0.25) is 0 Å².